The van der Waals surface area contributed by atoms with E-state index in [9.17, 15) is 4.79 Å². The van der Waals surface area contributed by atoms with Crippen LogP contribution in [0.3, 0.4) is 0 Å². The highest BCUT2D eigenvalue weighted by atomic mass is 16.7. The van der Waals surface area contributed by atoms with Gasteiger partial charge in [-0.3, -0.25) is 9.69 Å². The minimum atomic E-state index is -0.317. The van der Waals surface area contributed by atoms with Crippen molar-refractivity contribution in [2.24, 2.45) is 0 Å². The summed E-state index contributed by atoms with van der Waals surface area (Å²) in [6, 6.07) is 0.424. The molecular weight excluding hydrogens is 222 g/mol. The van der Waals surface area contributed by atoms with E-state index < -0.39 is 0 Å². The summed E-state index contributed by atoms with van der Waals surface area (Å²) in [5.74, 6) is -0.496. The van der Waals surface area contributed by atoms with Crippen molar-refractivity contribution < 1.29 is 19.0 Å². The Hall–Kier alpha value is -0.650. The van der Waals surface area contributed by atoms with Crippen molar-refractivity contribution in [1.29, 1.82) is 0 Å². The van der Waals surface area contributed by atoms with E-state index in [1.807, 2.05) is 7.05 Å². The molecule has 2 aliphatic rings. The first-order chi connectivity index (χ1) is 8.15. The molecule has 1 saturated carbocycles. The van der Waals surface area contributed by atoms with Crippen LogP contribution in [-0.4, -0.2) is 56.6 Å². The number of hydrogen-bond donors (Lipinski definition) is 0. The molecule has 1 spiro atoms. The van der Waals surface area contributed by atoms with E-state index in [2.05, 4.69) is 9.64 Å². The maximum Gasteiger partial charge on any atom is 0.319 e. The molecule has 1 aliphatic carbocycles. The third kappa shape index (κ3) is 2.97. The van der Waals surface area contributed by atoms with Gasteiger partial charge in [0.25, 0.3) is 0 Å². The van der Waals surface area contributed by atoms with Crippen LogP contribution < -0.4 is 0 Å². The van der Waals surface area contributed by atoms with Crippen LogP contribution in [0.5, 0.6) is 0 Å². The fraction of sp³-hybridized carbons (Fsp3) is 0.917. The van der Waals surface area contributed by atoms with Crippen LogP contribution in [0.25, 0.3) is 0 Å². The van der Waals surface area contributed by atoms with Gasteiger partial charge in [-0.1, -0.05) is 0 Å². The zero-order chi connectivity index (χ0) is 12.3. The van der Waals surface area contributed by atoms with Crippen LogP contribution in [0.1, 0.15) is 25.7 Å². The molecule has 2 rings (SSSR count). The van der Waals surface area contributed by atoms with Crippen molar-refractivity contribution in [1.82, 2.24) is 4.90 Å². The smallest absolute Gasteiger partial charge is 0.319 e. The maximum absolute atomic E-state index is 11.2. The summed E-state index contributed by atoms with van der Waals surface area (Å²) >= 11 is 0. The van der Waals surface area contributed by atoms with E-state index in [0.717, 1.165) is 25.7 Å². The van der Waals surface area contributed by atoms with Crippen LogP contribution in [0.4, 0.5) is 0 Å². The second-order valence-corrected chi connectivity index (χ2v) is 4.83. The number of nitrogens with zero attached hydrogens (tertiary/aromatic N) is 1. The van der Waals surface area contributed by atoms with Crippen molar-refractivity contribution in [2.45, 2.75) is 37.5 Å². The van der Waals surface area contributed by atoms with Crippen LogP contribution in [0.2, 0.25) is 0 Å². The number of methoxy groups -OCH3 is 1. The summed E-state index contributed by atoms with van der Waals surface area (Å²) in [6.45, 7) is 1.78. The van der Waals surface area contributed by atoms with E-state index in [0.29, 0.717) is 25.8 Å². The molecule has 0 aromatic carbocycles. The Bertz CT molecular complexity index is 266. The van der Waals surface area contributed by atoms with Gasteiger partial charge in [0.1, 0.15) is 0 Å². The molecule has 0 unspecified atom stereocenters. The van der Waals surface area contributed by atoms with E-state index >= 15 is 0 Å². The predicted octanol–water partition coefficient (Wildman–Crippen LogP) is 0.777. The van der Waals surface area contributed by atoms with Crippen molar-refractivity contribution in [3.8, 4) is 0 Å². The molecule has 5 nitrogen and oxygen atoms in total. The van der Waals surface area contributed by atoms with Gasteiger partial charge in [0.15, 0.2) is 5.79 Å². The van der Waals surface area contributed by atoms with Crippen LogP contribution in [-0.2, 0) is 19.0 Å². The van der Waals surface area contributed by atoms with Crippen molar-refractivity contribution in [3.05, 3.63) is 0 Å². The molecule has 17 heavy (non-hydrogen) atoms. The average Bonchev–Trinajstić information content (AvgIpc) is 2.78. The van der Waals surface area contributed by atoms with E-state index in [1.54, 1.807) is 0 Å². The number of carbonyl (C=O) groups is 1. The SMILES string of the molecule is COC(=O)CN(C)C1CCC2(CC1)OCCO2. The topological polar surface area (TPSA) is 48.0 Å². The molecule has 0 aromatic rings. The largest absolute Gasteiger partial charge is 0.468 e. The maximum atomic E-state index is 11.2. The van der Waals surface area contributed by atoms with Crippen LogP contribution in [0.15, 0.2) is 0 Å². The fourth-order valence-electron chi connectivity index (χ4n) is 2.67. The summed E-state index contributed by atoms with van der Waals surface area (Å²) in [7, 11) is 3.39. The van der Waals surface area contributed by atoms with Gasteiger partial charge >= 0.3 is 5.97 Å². The summed E-state index contributed by atoms with van der Waals surface area (Å²) in [4.78, 5) is 13.3. The molecule has 1 saturated heterocycles. The first-order valence-electron chi connectivity index (χ1n) is 6.20. The molecule has 98 valence electrons. The minimum Gasteiger partial charge on any atom is -0.468 e. The predicted molar refractivity (Wildman–Crippen MR) is 61.5 cm³/mol. The van der Waals surface area contributed by atoms with Gasteiger partial charge in [-0.2, -0.15) is 0 Å². The van der Waals surface area contributed by atoms with Crippen LogP contribution >= 0.6 is 0 Å². The van der Waals surface area contributed by atoms with Gasteiger partial charge in [-0.25, -0.2) is 0 Å². The van der Waals surface area contributed by atoms with E-state index in [-0.39, 0.29) is 11.8 Å². The lowest BCUT2D eigenvalue weighted by Gasteiger charge is -2.38. The van der Waals surface area contributed by atoms with Crippen LogP contribution in [0, 0.1) is 0 Å². The minimum absolute atomic E-state index is 0.179. The van der Waals surface area contributed by atoms with Gasteiger partial charge < -0.3 is 14.2 Å². The number of hydrogen-bond acceptors (Lipinski definition) is 5. The highest BCUT2D eigenvalue weighted by Crippen LogP contribution is 2.36. The molecule has 5 heteroatoms. The van der Waals surface area contributed by atoms with Gasteiger partial charge in [-0.15, -0.1) is 0 Å². The van der Waals surface area contributed by atoms with E-state index in [4.69, 9.17) is 9.47 Å². The van der Waals surface area contributed by atoms with Gasteiger partial charge in [0, 0.05) is 18.9 Å². The lowest BCUT2D eigenvalue weighted by atomic mass is 9.89. The first-order valence-corrected chi connectivity index (χ1v) is 6.20. The Morgan fingerprint density at radius 1 is 1.35 bits per heavy atom. The lowest BCUT2D eigenvalue weighted by molar-refractivity contribution is -0.183. The molecule has 0 atom stereocenters. The summed E-state index contributed by atoms with van der Waals surface area (Å²) < 4.78 is 16.0. The zero-order valence-corrected chi connectivity index (χ0v) is 10.6. The number of likely N-dealkylation sites (N-methyl/N-ethyl adjacent to an activating group) is 1. The second-order valence-electron chi connectivity index (χ2n) is 4.83. The third-order valence-corrected chi connectivity index (χ3v) is 3.76. The molecular formula is C12H21NO4. The molecule has 0 aromatic heterocycles. The fourth-order valence-corrected chi connectivity index (χ4v) is 2.67. The third-order valence-electron chi connectivity index (χ3n) is 3.76. The second kappa shape index (κ2) is 5.33. The van der Waals surface area contributed by atoms with Gasteiger partial charge in [-0.05, 0) is 19.9 Å². The summed E-state index contributed by atoms with van der Waals surface area (Å²) in [5.41, 5.74) is 0. The lowest BCUT2D eigenvalue weighted by Crippen LogP contribution is -2.44. The Labute approximate surface area is 102 Å². The number of carbonyl (C=O) groups excluding carboxylic acids is 1. The quantitative estimate of drug-likeness (QED) is 0.685. The van der Waals surface area contributed by atoms with Gasteiger partial charge in [0.2, 0.25) is 0 Å². The number of esters is 1. The molecule has 1 aliphatic heterocycles. The van der Waals surface area contributed by atoms with E-state index in [1.165, 1.54) is 7.11 Å². The Morgan fingerprint density at radius 2 is 1.94 bits per heavy atom. The molecule has 0 bridgehead atoms. The van der Waals surface area contributed by atoms with Gasteiger partial charge in [0.05, 0.1) is 26.9 Å². The Morgan fingerprint density at radius 3 is 2.47 bits per heavy atom. The Balaban J connectivity index is 1.80. The molecule has 2 fully saturated rings. The zero-order valence-electron chi connectivity index (χ0n) is 10.6. The van der Waals surface area contributed by atoms with Crippen molar-refractivity contribution >= 4 is 5.97 Å². The van der Waals surface area contributed by atoms with Crippen molar-refractivity contribution in [2.75, 3.05) is 33.9 Å². The first kappa shape index (κ1) is 12.8. The standard InChI is InChI=1S/C12H21NO4/c1-13(9-11(14)15-2)10-3-5-12(6-4-10)16-7-8-17-12/h10H,3-9H2,1-2H3. The Kier molecular flexibility index (Phi) is 4.01. The highest BCUT2D eigenvalue weighted by Gasteiger charge is 2.41. The number of ether oxygens (including phenoxy) is 3. The highest BCUT2D eigenvalue weighted by molar-refractivity contribution is 5.71. The monoisotopic (exact) mass is 243 g/mol. The average molecular weight is 243 g/mol. The normalized spacial score (nSPS) is 24.4. The molecule has 0 radical (unpaired) electrons. The molecule has 0 amide bonds. The molecule has 1 heterocycles. The number of rotatable bonds is 3. The summed E-state index contributed by atoms with van der Waals surface area (Å²) in [6.07, 6.45) is 3.85. The van der Waals surface area contributed by atoms with Crippen molar-refractivity contribution in [3.63, 3.8) is 0 Å². The molecule has 0 N–H and O–H groups in total. The summed E-state index contributed by atoms with van der Waals surface area (Å²) in [5, 5.41) is 0.